The van der Waals surface area contributed by atoms with E-state index >= 15 is 0 Å². The van der Waals surface area contributed by atoms with Crippen molar-refractivity contribution in [1.82, 2.24) is 10.2 Å². The van der Waals surface area contributed by atoms with Gasteiger partial charge in [-0.05, 0) is 55.9 Å². The lowest BCUT2D eigenvalue weighted by Gasteiger charge is -2.30. The molecule has 2 fully saturated rings. The van der Waals surface area contributed by atoms with Crippen molar-refractivity contribution in [3.63, 3.8) is 0 Å². The summed E-state index contributed by atoms with van der Waals surface area (Å²) in [5, 5.41) is 2.76. The molecule has 2 aliphatic heterocycles. The molecule has 3 aliphatic rings. The van der Waals surface area contributed by atoms with E-state index in [1.807, 2.05) is 12.1 Å². The predicted octanol–water partition coefficient (Wildman–Crippen LogP) is 2.08. The van der Waals surface area contributed by atoms with Crippen molar-refractivity contribution in [1.29, 1.82) is 0 Å². The van der Waals surface area contributed by atoms with E-state index in [9.17, 15) is 9.59 Å². The van der Waals surface area contributed by atoms with Crippen LogP contribution >= 0.6 is 0 Å². The average molecular weight is 355 g/mol. The Morgan fingerprint density at radius 2 is 2.00 bits per heavy atom. The van der Waals surface area contributed by atoms with E-state index in [-0.39, 0.29) is 24.0 Å². The molecule has 0 radical (unpaired) electrons. The molecule has 6 heteroatoms. The van der Waals surface area contributed by atoms with Gasteiger partial charge < -0.3 is 20.7 Å². The second kappa shape index (κ2) is 6.76. The van der Waals surface area contributed by atoms with Gasteiger partial charge in [0.2, 0.25) is 5.91 Å². The van der Waals surface area contributed by atoms with Gasteiger partial charge in [0.1, 0.15) is 17.9 Å². The lowest BCUT2D eigenvalue weighted by atomic mass is 9.93. The Morgan fingerprint density at radius 1 is 1.19 bits per heavy atom. The molecular formula is C20H25N3O3. The van der Waals surface area contributed by atoms with Crippen LogP contribution in [0.2, 0.25) is 0 Å². The number of amides is 2. The smallest absolute Gasteiger partial charge is 0.255 e. The number of nitrogens with one attached hydrogen (secondary N) is 1. The molecule has 1 unspecified atom stereocenters. The first-order valence-electron chi connectivity index (χ1n) is 9.37. The van der Waals surface area contributed by atoms with E-state index in [0.717, 1.165) is 42.7 Å². The molecule has 1 saturated carbocycles. The topological polar surface area (TPSA) is 84.7 Å². The first-order chi connectivity index (χ1) is 12.5. The van der Waals surface area contributed by atoms with Crippen LogP contribution in [0.1, 0.15) is 54.4 Å². The summed E-state index contributed by atoms with van der Waals surface area (Å²) in [6.45, 7) is 4.23. The fourth-order valence-electron chi connectivity index (χ4n) is 4.15. The molecular weight excluding hydrogens is 330 g/mol. The Labute approximate surface area is 153 Å². The minimum absolute atomic E-state index is 0.0325. The van der Waals surface area contributed by atoms with Gasteiger partial charge in [-0.1, -0.05) is 13.0 Å². The third kappa shape index (κ3) is 3.09. The maximum absolute atomic E-state index is 12.7. The van der Waals surface area contributed by atoms with E-state index in [0.29, 0.717) is 24.9 Å². The number of carbonyl (C=O) groups excluding carboxylic acids is 2. The molecule has 3 atom stereocenters. The summed E-state index contributed by atoms with van der Waals surface area (Å²) in [6, 6.07) is 5.20. The van der Waals surface area contributed by atoms with Crippen molar-refractivity contribution in [2.75, 3.05) is 0 Å². The Bertz CT molecular complexity index is 761. The van der Waals surface area contributed by atoms with Gasteiger partial charge in [0.05, 0.1) is 0 Å². The highest BCUT2D eigenvalue weighted by atomic mass is 16.5. The van der Waals surface area contributed by atoms with Gasteiger partial charge in [0.25, 0.3) is 5.91 Å². The molecule has 26 heavy (non-hydrogen) atoms. The van der Waals surface area contributed by atoms with Crippen LogP contribution in [-0.4, -0.2) is 34.9 Å². The number of hydrogen-bond acceptors (Lipinski definition) is 4. The number of allylic oxidation sites excluding steroid dienone is 1. The Kier molecular flexibility index (Phi) is 4.44. The van der Waals surface area contributed by atoms with Crippen molar-refractivity contribution in [2.45, 2.75) is 63.3 Å². The van der Waals surface area contributed by atoms with Crippen LogP contribution < -0.4 is 15.8 Å². The van der Waals surface area contributed by atoms with E-state index < -0.39 is 6.04 Å². The average Bonchev–Trinajstić information content (AvgIpc) is 2.93. The van der Waals surface area contributed by atoms with Crippen LogP contribution in [0, 0.1) is 0 Å². The largest absolute Gasteiger partial charge is 0.489 e. The summed E-state index contributed by atoms with van der Waals surface area (Å²) in [5.74, 6) is 0.517. The highest BCUT2D eigenvalue weighted by Crippen LogP contribution is 2.32. The van der Waals surface area contributed by atoms with E-state index in [1.54, 1.807) is 11.0 Å². The van der Waals surface area contributed by atoms with Gasteiger partial charge in [-0.3, -0.25) is 9.59 Å². The van der Waals surface area contributed by atoms with Crippen molar-refractivity contribution in [2.24, 2.45) is 5.73 Å². The molecule has 2 amide bonds. The van der Waals surface area contributed by atoms with Crippen LogP contribution in [-0.2, 0) is 11.3 Å². The van der Waals surface area contributed by atoms with Crippen LogP contribution in [0.15, 0.2) is 30.5 Å². The van der Waals surface area contributed by atoms with Crippen LogP contribution in [0.4, 0.5) is 0 Å². The summed E-state index contributed by atoms with van der Waals surface area (Å²) in [6.07, 6.45) is 5.60. The van der Waals surface area contributed by atoms with Crippen molar-refractivity contribution < 1.29 is 14.3 Å². The summed E-state index contributed by atoms with van der Waals surface area (Å²) in [4.78, 5) is 26.6. The molecule has 0 spiro atoms. The number of piperidine rings is 1. The second-order valence-corrected chi connectivity index (χ2v) is 7.50. The van der Waals surface area contributed by atoms with Crippen LogP contribution in [0.25, 0.3) is 0 Å². The zero-order valence-electron chi connectivity index (χ0n) is 14.9. The zero-order chi connectivity index (χ0) is 18.3. The fourth-order valence-corrected chi connectivity index (χ4v) is 4.15. The second-order valence-electron chi connectivity index (χ2n) is 7.50. The molecule has 4 rings (SSSR count). The highest BCUT2D eigenvalue weighted by Gasteiger charge is 2.38. The van der Waals surface area contributed by atoms with Crippen molar-refractivity contribution in [3.05, 3.63) is 41.6 Å². The van der Waals surface area contributed by atoms with E-state index in [4.69, 9.17) is 10.5 Å². The van der Waals surface area contributed by atoms with Gasteiger partial charge in [-0.2, -0.15) is 0 Å². The van der Waals surface area contributed by atoms with Gasteiger partial charge in [0.15, 0.2) is 0 Å². The lowest BCUT2D eigenvalue weighted by molar-refractivity contribution is -0.126. The number of benzene rings is 1. The molecule has 1 saturated heterocycles. The number of ether oxygens (including phenoxy) is 1. The fraction of sp³-hybridized carbons (Fsp3) is 0.500. The van der Waals surface area contributed by atoms with Gasteiger partial charge >= 0.3 is 0 Å². The number of nitrogens with two attached hydrogens (primary N) is 1. The van der Waals surface area contributed by atoms with Crippen LogP contribution in [0.5, 0.6) is 5.75 Å². The minimum Gasteiger partial charge on any atom is -0.489 e. The molecule has 1 aromatic rings. The number of nitrogens with zero attached hydrogens (tertiary/aromatic N) is 1. The number of rotatable bonds is 3. The SMILES string of the molecule is C=C1CCC(N2Cc3cc(O[C@H]4CCCC[C@H]4N)ccc3C2=O)C(=O)N1. The summed E-state index contributed by atoms with van der Waals surface area (Å²) < 4.78 is 6.10. The Balaban J connectivity index is 1.49. The highest BCUT2D eigenvalue weighted by molar-refractivity contribution is 6.01. The molecule has 2 heterocycles. The number of carbonyl (C=O) groups is 2. The molecule has 3 N–H and O–H groups in total. The Morgan fingerprint density at radius 3 is 2.77 bits per heavy atom. The van der Waals surface area contributed by atoms with Gasteiger partial charge in [-0.15, -0.1) is 0 Å². The molecule has 0 bridgehead atoms. The maximum atomic E-state index is 12.7. The van der Waals surface area contributed by atoms with Crippen LogP contribution in [0.3, 0.4) is 0 Å². The number of fused-ring (bicyclic) bond motifs is 1. The first kappa shape index (κ1) is 17.1. The molecule has 0 aromatic heterocycles. The normalized spacial score (nSPS) is 28.7. The van der Waals surface area contributed by atoms with E-state index in [1.165, 1.54) is 0 Å². The lowest BCUT2D eigenvalue weighted by Crippen LogP contribution is -2.49. The molecule has 1 aromatic carbocycles. The third-order valence-corrected chi connectivity index (χ3v) is 5.65. The van der Waals surface area contributed by atoms with Crippen molar-refractivity contribution in [3.8, 4) is 5.75 Å². The Hall–Kier alpha value is -2.34. The monoisotopic (exact) mass is 355 g/mol. The maximum Gasteiger partial charge on any atom is 0.255 e. The van der Waals surface area contributed by atoms with Gasteiger partial charge in [0, 0.05) is 23.8 Å². The molecule has 1 aliphatic carbocycles. The quantitative estimate of drug-likeness (QED) is 0.869. The van der Waals surface area contributed by atoms with E-state index in [2.05, 4.69) is 11.9 Å². The summed E-state index contributed by atoms with van der Waals surface area (Å²) in [7, 11) is 0. The predicted molar refractivity (Wildman–Crippen MR) is 97.5 cm³/mol. The standard InChI is InChI=1S/C20H25N3O3/c1-12-6-9-17(19(24)22-12)23-11-13-10-14(7-8-15(13)20(23)25)26-18-5-3-2-4-16(18)21/h7-8,10,16-18H,1-6,9,11,21H2,(H,22,24)/t16-,17?,18+/m1/s1. The molecule has 138 valence electrons. The zero-order valence-corrected chi connectivity index (χ0v) is 14.9. The molecule has 6 nitrogen and oxygen atoms in total. The van der Waals surface area contributed by atoms with Gasteiger partial charge in [-0.25, -0.2) is 0 Å². The third-order valence-electron chi connectivity index (χ3n) is 5.65. The number of hydrogen-bond donors (Lipinski definition) is 2. The van der Waals surface area contributed by atoms with Crippen molar-refractivity contribution >= 4 is 11.8 Å². The summed E-state index contributed by atoms with van der Waals surface area (Å²) >= 11 is 0. The summed E-state index contributed by atoms with van der Waals surface area (Å²) in [5.41, 5.74) is 8.45. The minimum atomic E-state index is -0.434. The first-order valence-corrected chi connectivity index (χ1v) is 9.37.